The molecule has 0 aliphatic rings. The van der Waals surface area contributed by atoms with Crippen molar-refractivity contribution in [3.05, 3.63) is 23.8 Å². The second-order valence-electron chi connectivity index (χ2n) is 2.46. The molecule has 0 amide bonds. The smallest absolute Gasteiger partial charge is 0.406 e. The maximum absolute atomic E-state index is 11.7. The van der Waals surface area contributed by atoms with Crippen LogP contribution in [0.15, 0.2) is 18.2 Å². The Morgan fingerprint density at radius 1 is 1.36 bits per heavy atom. The zero-order valence-corrected chi connectivity index (χ0v) is 6.84. The van der Waals surface area contributed by atoms with Gasteiger partial charge >= 0.3 is 6.36 Å². The van der Waals surface area contributed by atoms with Crippen LogP contribution in [0, 0.1) is 0 Å². The van der Waals surface area contributed by atoms with Crippen molar-refractivity contribution in [2.45, 2.75) is 6.36 Å². The number of hydrogen-bond donors (Lipinski definition) is 1. The lowest BCUT2D eigenvalue weighted by molar-refractivity contribution is -0.274. The van der Waals surface area contributed by atoms with Gasteiger partial charge in [0, 0.05) is 17.3 Å². The van der Waals surface area contributed by atoms with Crippen molar-refractivity contribution in [3.63, 3.8) is 0 Å². The average Bonchev–Trinajstić information content (AvgIpc) is 2.01. The Bertz CT molecular complexity index is 349. The minimum absolute atomic E-state index is 0.0539. The van der Waals surface area contributed by atoms with Gasteiger partial charge in [-0.3, -0.25) is 4.79 Å². The van der Waals surface area contributed by atoms with Crippen molar-refractivity contribution in [2.24, 2.45) is 0 Å². The maximum Gasteiger partial charge on any atom is 0.573 e. The van der Waals surface area contributed by atoms with Gasteiger partial charge in [0.25, 0.3) is 0 Å². The van der Waals surface area contributed by atoms with Crippen LogP contribution in [0.3, 0.4) is 0 Å². The molecule has 2 N–H and O–H groups in total. The lowest BCUT2D eigenvalue weighted by Gasteiger charge is -2.09. The zero-order valence-electron chi connectivity index (χ0n) is 6.84. The molecule has 14 heavy (non-hydrogen) atoms. The standard InChI is InChI=1S/C8H6F3NO2/c9-8(10,11)14-6-2-1-5(4-13)7(12)3-6/h1-4H,12H2. The van der Waals surface area contributed by atoms with Gasteiger partial charge < -0.3 is 10.5 Å². The van der Waals surface area contributed by atoms with E-state index in [-0.39, 0.29) is 11.3 Å². The van der Waals surface area contributed by atoms with Crippen molar-refractivity contribution in [1.29, 1.82) is 0 Å². The van der Waals surface area contributed by atoms with Gasteiger partial charge in [-0.15, -0.1) is 13.2 Å². The first-order valence-electron chi connectivity index (χ1n) is 3.53. The molecule has 0 saturated carbocycles. The number of rotatable bonds is 2. The predicted molar refractivity (Wildman–Crippen MR) is 42.9 cm³/mol. The molecular formula is C8H6F3NO2. The van der Waals surface area contributed by atoms with Gasteiger partial charge in [-0.05, 0) is 12.1 Å². The normalized spacial score (nSPS) is 11.1. The summed E-state index contributed by atoms with van der Waals surface area (Å²) in [4.78, 5) is 10.3. The Hall–Kier alpha value is -1.72. The van der Waals surface area contributed by atoms with Crippen molar-refractivity contribution < 1.29 is 22.7 Å². The van der Waals surface area contributed by atoms with Crippen LogP contribution in [0.25, 0.3) is 0 Å². The second-order valence-corrected chi connectivity index (χ2v) is 2.46. The van der Waals surface area contributed by atoms with E-state index in [1.54, 1.807) is 0 Å². The molecule has 0 fully saturated rings. The Morgan fingerprint density at radius 3 is 2.43 bits per heavy atom. The average molecular weight is 205 g/mol. The van der Waals surface area contributed by atoms with E-state index in [9.17, 15) is 18.0 Å². The first-order chi connectivity index (χ1) is 6.42. The number of halogens is 3. The van der Waals surface area contributed by atoms with Crippen LogP contribution >= 0.6 is 0 Å². The SMILES string of the molecule is Nc1cc(OC(F)(F)F)ccc1C=O. The molecule has 3 nitrogen and oxygen atoms in total. The third-order valence-electron chi connectivity index (χ3n) is 1.42. The molecule has 0 unspecified atom stereocenters. The fourth-order valence-electron chi connectivity index (χ4n) is 0.857. The van der Waals surface area contributed by atoms with Gasteiger partial charge in [0.2, 0.25) is 0 Å². The molecule has 0 radical (unpaired) electrons. The number of carbonyl (C=O) groups excluding carboxylic acids is 1. The van der Waals surface area contributed by atoms with Crippen LogP contribution in [-0.2, 0) is 0 Å². The molecule has 0 saturated heterocycles. The van der Waals surface area contributed by atoms with Gasteiger partial charge in [-0.2, -0.15) is 0 Å². The summed E-state index contributed by atoms with van der Waals surface area (Å²) in [5, 5.41) is 0. The van der Waals surface area contributed by atoms with Crippen LogP contribution in [0.4, 0.5) is 18.9 Å². The number of nitrogens with two attached hydrogens (primary N) is 1. The predicted octanol–water partition coefficient (Wildman–Crippen LogP) is 1.98. The quantitative estimate of drug-likeness (QED) is 0.593. The summed E-state index contributed by atoms with van der Waals surface area (Å²) in [5.74, 6) is -0.444. The van der Waals surface area contributed by atoms with Gasteiger partial charge in [0.05, 0.1) is 0 Å². The first-order valence-corrected chi connectivity index (χ1v) is 3.53. The summed E-state index contributed by atoms with van der Waals surface area (Å²) in [6.07, 6.45) is -4.30. The number of nitrogen functional groups attached to an aromatic ring is 1. The molecule has 0 aromatic heterocycles. The second kappa shape index (κ2) is 3.57. The summed E-state index contributed by atoms with van der Waals surface area (Å²) in [7, 11) is 0. The first kappa shape index (κ1) is 10.4. The van der Waals surface area contributed by atoms with Crippen molar-refractivity contribution in [3.8, 4) is 5.75 Å². The summed E-state index contributed by atoms with van der Waals surface area (Å²) >= 11 is 0. The highest BCUT2D eigenvalue weighted by atomic mass is 19.4. The summed E-state index contributed by atoms with van der Waals surface area (Å²) in [6.45, 7) is 0. The molecule has 0 heterocycles. The van der Waals surface area contributed by atoms with Crippen LogP contribution < -0.4 is 10.5 Å². The molecule has 1 aromatic carbocycles. The molecule has 1 aromatic rings. The number of benzene rings is 1. The minimum Gasteiger partial charge on any atom is -0.406 e. The van der Waals surface area contributed by atoms with Crippen molar-refractivity contribution in [1.82, 2.24) is 0 Å². The molecule has 0 bridgehead atoms. The lowest BCUT2D eigenvalue weighted by Crippen LogP contribution is -2.17. The van der Waals surface area contributed by atoms with Crippen LogP contribution in [-0.4, -0.2) is 12.6 Å². The number of carbonyl (C=O) groups is 1. The van der Waals surface area contributed by atoms with Crippen LogP contribution in [0.1, 0.15) is 10.4 Å². The maximum atomic E-state index is 11.7. The summed E-state index contributed by atoms with van der Waals surface area (Å²) in [6, 6.07) is 3.12. The Labute approximate surface area is 77.3 Å². The van der Waals surface area contributed by atoms with Gasteiger partial charge in [-0.25, -0.2) is 0 Å². The highest BCUT2D eigenvalue weighted by molar-refractivity contribution is 5.83. The van der Waals surface area contributed by atoms with E-state index < -0.39 is 12.1 Å². The molecule has 76 valence electrons. The largest absolute Gasteiger partial charge is 0.573 e. The zero-order chi connectivity index (χ0) is 10.8. The molecule has 0 aliphatic heterocycles. The van der Waals surface area contributed by atoms with E-state index in [4.69, 9.17) is 5.73 Å². The highest BCUT2D eigenvalue weighted by Gasteiger charge is 2.31. The summed E-state index contributed by atoms with van der Waals surface area (Å²) < 4.78 is 38.8. The van der Waals surface area contributed by atoms with Crippen LogP contribution in [0.2, 0.25) is 0 Å². The lowest BCUT2D eigenvalue weighted by atomic mass is 10.2. The van der Waals surface area contributed by atoms with Crippen molar-refractivity contribution >= 4 is 12.0 Å². The van der Waals surface area contributed by atoms with Gasteiger partial charge in [0.1, 0.15) is 5.75 Å². The molecule has 6 heteroatoms. The van der Waals surface area contributed by atoms with E-state index in [1.165, 1.54) is 0 Å². The Morgan fingerprint density at radius 2 is 2.00 bits per heavy atom. The number of aldehydes is 1. The molecule has 0 spiro atoms. The molecule has 1 rings (SSSR count). The van der Waals surface area contributed by atoms with E-state index in [1.807, 2.05) is 0 Å². The Balaban J connectivity index is 2.92. The monoisotopic (exact) mass is 205 g/mol. The topological polar surface area (TPSA) is 52.3 Å². The minimum atomic E-state index is -4.75. The highest BCUT2D eigenvalue weighted by Crippen LogP contribution is 2.25. The number of alkyl halides is 3. The third kappa shape index (κ3) is 2.65. The van der Waals surface area contributed by atoms with E-state index in [0.29, 0.717) is 6.29 Å². The van der Waals surface area contributed by atoms with Crippen molar-refractivity contribution in [2.75, 3.05) is 5.73 Å². The third-order valence-corrected chi connectivity index (χ3v) is 1.42. The van der Waals surface area contributed by atoms with Gasteiger partial charge in [0.15, 0.2) is 6.29 Å². The molecule has 0 atom stereocenters. The summed E-state index contributed by atoms with van der Waals surface area (Å²) in [5.41, 5.74) is 5.34. The fraction of sp³-hybridized carbons (Fsp3) is 0.125. The van der Waals surface area contributed by atoms with E-state index in [0.717, 1.165) is 18.2 Å². The van der Waals surface area contributed by atoms with Crippen LogP contribution in [0.5, 0.6) is 5.75 Å². The number of anilines is 1. The fourth-order valence-corrected chi connectivity index (χ4v) is 0.857. The number of hydrogen-bond acceptors (Lipinski definition) is 3. The van der Waals surface area contributed by atoms with E-state index in [2.05, 4.69) is 4.74 Å². The molecular weight excluding hydrogens is 199 g/mol. The van der Waals surface area contributed by atoms with E-state index >= 15 is 0 Å². The Kier molecular flexibility index (Phi) is 2.64. The molecule has 0 aliphatic carbocycles. The van der Waals surface area contributed by atoms with Gasteiger partial charge in [-0.1, -0.05) is 0 Å². The number of ether oxygens (including phenoxy) is 1.